The van der Waals surface area contributed by atoms with Gasteiger partial charge in [0.2, 0.25) is 0 Å². The van der Waals surface area contributed by atoms with Gasteiger partial charge in [-0.05, 0) is 61.8 Å². The van der Waals surface area contributed by atoms with E-state index in [1.807, 2.05) is 18.2 Å². The van der Waals surface area contributed by atoms with E-state index in [2.05, 4.69) is 49.5 Å². The van der Waals surface area contributed by atoms with Gasteiger partial charge in [0.05, 0.1) is 19.8 Å². The van der Waals surface area contributed by atoms with Crippen LogP contribution in [0.15, 0.2) is 48.5 Å². The standard InChI is InChI=1S/C26H37NO4/c1-25(2)19-26(12-13-31-25,15-20-8-6-5-7-9-20)22(18-28)17-27-16-21-10-11-23(29-3)24(14-21)30-4/h5-11,14,22,27-28H,12-13,15-19H2,1-4H3/t22-,26+/m1/s1. The summed E-state index contributed by atoms with van der Waals surface area (Å²) in [5, 5.41) is 14.0. The summed E-state index contributed by atoms with van der Waals surface area (Å²) in [4.78, 5) is 0. The first-order valence-corrected chi connectivity index (χ1v) is 11.1. The van der Waals surface area contributed by atoms with Crippen LogP contribution in [0.4, 0.5) is 0 Å². The van der Waals surface area contributed by atoms with E-state index < -0.39 is 0 Å². The summed E-state index contributed by atoms with van der Waals surface area (Å²) in [7, 11) is 3.29. The average molecular weight is 428 g/mol. The maximum atomic E-state index is 10.4. The van der Waals surface area contributed by atoms with E-state index in [9.17, 15) is 5.11 Å². The van der Waals surface area contributed by atoms with Crippen LogP contribution < -0.4 is 14.8 Å². The maximum absolute atomic E-state index is 10.4. The van der Waals surface area contributed by atoms with Gasteiger partial charge >= 0.3 is 0 Å². The molecule has 0 amide bonds. The predicted molar refractivity (Wildman–Crippen MR) is 124 cm³/mol. The number of aliphatic hydroxyl groups is 1. The van der Waals surface area contributed by atoms with Crippen LogP contribution in [0, 0.1) is 11.3 Å². The summed E-state index contributed by atoms with van der Waals surface area (Å²) in [6, 6.07) is 16.6. The third-order valence-corrected chi connectivity index (χ3v) is 6.52. The first-order chi connectivity index (χ1) is 14.9. The molecular formula is C26H37NO4. The van der Waals surface area contributed by atoms with Gasteiger partial charge in [0.25, 0.3) is 0 Å². The van der Waals surface area contributed by atoms with Gasteiger partial charge < -0.3 is 24.6 Å². The first kappa shape index (κ1) is 23.6. The van der Waals surface area contributed by atoms with Crippen LogP contribution in [-0.4, -0.2) is 44.7 Å². The number of ether oxygens (including phenoxy) is 3. The van der Waals surface area contributed by atoms with Crippen LogP contribution in [0.1, 0.15) is 37.8 Å². The summed E-state index contributed by atoms with van der Waals surface area (Å²) in [5.74, 6) is 1.59. The van der Waals surface area contributed by atoms with Crippen LogP contribution >= 0.6 is 0 Å². The molecule has 170 valence electrons. The van der Waals surface area contributed by atoms with E-state index in [-0.39, 0.29) is 23.5 Å². The lowest BCUT2D eigenvalue weighted by Crippen LogP contribution is -2.50. The molecule has 2 N–H and O–H groups in total. The molecule has 1 aliphatic rings. The Balaban J connectivity index is 1.73. The third kappa shape index (κ3) is 6.00. The zero-order valence-electron chi connectivity index (χ0n) is 19.3. The highest BCUT2D eigenvalue weighted by Crippen LogP contribution is 2.46. The first-order valence-electron chi connectivity index (χ1n) is 11.1. The van der Waals surface area contributed by atoms with Crippen molar-refractivity contribution in [2.45, 2.75) is 45.3 Å². The lowest BCUT2D eigenvalue weighted by Gasteiger charge is -2.49. The van der Waals surface area contributed by atoms with E-state index in [1.165, 1.54) is 5.56 Å². The summed E-state index contributed by atoms with van der Waals surface area (Å²) in [5.41, 5.74) is 2.24. The zero-order chi connectivity index (χ0) is 22.3. The van der Waals surface area contributed by atoms with Crippen molar-refractivity contribution in [1.29, 1.82) is 0 Å². The Bertz CT molecular complexity index is 823. The Morgan fingerprint density at radius 1 is 1.03 bits per heavy atom. The lowest BCUT2D eigenvalue weighted by atomic mass is 9.63. The Morgan fingerprint density at radius 2 is 1.77 bits per heavy atom. The molecule has 0 aromatic heterocycles. The molecule has 0 unspecified atom stereocenters. The second-order valence-electron chi connectivity index (χ2n) is 9.26. The fourth-order valence-electron chi connectivity index (χ4n) is 5.02. The molecule has 1 heterocycles. The molecule has 2 aromatic rings. The SMILES string of the molecule is COc1ccc(CNC[C@H](CO)[C@]2(Cc3ccccc3)CCOC(C)(C)C2)cc1OC. The molecule has 31 heavy (non-hydrogen) atoms. The molecule has 0 spiro atoms. The summed E-state index contributed by atoms with van der Waals surface area (Å²) in [6.07, 6.45) is 2.83. The lowest BCUT2D eigenvalue weighted by molar-refractivity contribution is -0.127. The van der Waals surface area contributed by atoms with E-state index >= 15 is 0 Å². The van der Waals surface area contributed by atoms with Crippen molar-refractivity contribution in [3.63, 3.8) is 0 Å². The number of hydrogen-bond acceptors (Lipinski definition) is 5. The highest BCUT2D eigenvalue weighted by atomic mass is 16.5. The Hall–Kier alpha value is -2.08. The second kappa shape index (κ2) is 10.5. The summed E-state index contributed by atoms with van der Waals surface area (Å²) in [6.45, 7) is 6.66. The predicted octanol–water partition coefficient (Wildman–Crippen LogP) is 4.22. The highest BCUT2D eigenvalue weighted by molar-refractivity contribution is 5.42. The van der Waals surface area contributed by atoms with Gasteiger partial charge in [-0.2, -0.15) is 0 Å². The van der Waals surface area contributed by atoms with Crippen LogP contribution in [-0.2, 0) is 17.7 Å². The summed E-state index contributed by atoms with van der Waals surface area (Å²) < 4.78 is 16.8. The van der Waals surface area contributed by atoms with Crippen molar-refractivity contribution in [2.24, 2.45) is 11.3 Å². The van der Waals surface area contributed by atoms with Crippen molar-refractivity contribution in [2.75, 3.05) is 34.0 Å². The van der Waals surface area contributed by atoms with Crippen LogP contribution in [0.25, 0.3) is 0 Å². The number of methoxy groups -OCH3 is 2. The van der Waals surface area contributed by atoms with Gasteiger partial charge in [-0.1, -0.05) is 36.4 Å². The Morgan fingerprint density at radius 3 is 2.42 bits per heavy atom. The molecule has 1 aliphatic heterocycles. The van der Waals surface area contributed by atoms with Gasteiger partial charge in [-0.15, -0.1) is 0 Å². The molecule has 0 bridgehead atoms. The van der Waals surface area contributed by atoms with Crippen molar-refractivity contribution in [1.82, 2.24) is 5.32 Å². The minimum atomic E-state index is -0.191. The van der Waals surface area contributed by atoms with Crippen molar-refractivity contribution in [3.05, 3.63) is 59.7 Å². The van der Waals surface area contributed by atoms with Gasteiger partial charge in [-0.25, -0.2) is 0 Å². The molecule has 2 atom stereocenters. The molecule has 5 heteroatoms. The molecule has 3 rings (SSSR count). The van der Waals surface area contributed by atoms with E-state index in [4.69, 9.17) is 14.2 Å². The third-order valence-electron chi connectivity index (χ3n) is 6.52. The van der Waals surface area contributed by atoms with Gasteiger partial charge in [-0.3, -0.25) is 0 Å². The smallest absolute Gasteiger partial charge is 0.161 e. The minimum absolute atomic E-state index is 0.0115. The average Bonchev–Trinajstić information content (AvgIpc) is 2.76. The molecule has 0 saturated carbocycles. The van der Waals surface area contributed by atoms with Crippen LogP contribution in [0.2, 0.25) is 0 Å². The van der Waals surface area contributed by atoms with Crippen molar-refractivity contribution < 1.29 is 19.3 Å². The van der Waals surface area contributed by atoms with E-state index in [0.29, 0.717) is 6.54 Å². The van der Waals surface area contributed by atoms with Gasteiger partial charge in [0.15, 0.2) is 11.5 Å². The molecule has 5 nitrogen and oxygen atoms in total. The highest BCUT2D eigenvalue weighted by Gasteiger charge is 2.45. The Kier molecular flexibility index (Phi) is 7.98. The molecule has 1 fully saturated rings. The van der Waals surface area contributed by atoms with Gasteiger partial charge in [0, 0.05) is 32.2 Å². The molecule has 2 aromatic carbocycles. The van der Waals surface area contributed by atoms with E-state index in [1.54, 1.807) is 14.2 Å². The maximum Gasteiger partial charge on any atom is 0.161 e. The zero-order valence-corrected chi connectivity index (χ0v) is 19.3. The molecular weight excluding hydrogens is 390 g/mol. The summed E-state index contributed by atoms with van der Waals surface area (Å²) >= 11 is 0. The monoisotopic (exact) mass is 427 g/mol. The molecule has 0 aliphatic carbocycles. The Labute approximate surface area is 186 Å². The fourth-order valence-corrected chi connectivity index (χ4v) is 5.02. The largest absolute Gasteiger partial charge is 0.493 e. The van der Waals surface area contributed by atoms with Crippen LogP contribution in [0.3, 0.4) is 0 Å². The van der Waals surface area contributed by atoms with E-state index in [0.717, 1.165) is 49.5 Å². The molecule has 1 saturated heterocycles. The van der Waals surface area contributed by atoms with Crippen molar-refractivity contribution >= 4 is 0 Å². The number of aliphatic hydroxyl groups excluding tert-OH is 1. The fraction of sp³-hybridized carbons (Fsp3) is 0.538. The van der Waals surface area contributed by atoms with Crippen molar-refractivity contribution in [3.8, 4) is 11.5 Å². The second-order valence-corrected chi connectivity index (χ2v) is 9.26. The number of rotatable bonds is 10. The van der Waals surface area contributed by atoms with Gasteiger partial charge in [0.1, 0.15) is 0 Å². The number of benzene rings is 2. The topological polar surface area (TPSA) is 60.0 Å². The van der Waals surface area contributed by atoms with Crippen LogP contribution in [0.5, 0.6) is 11.5 Å². The molecule has 0 radical (unpaired) electrons. The number of hydrogen-bond donors (Lipinski definition) is 2. The normalized spacial score (nSPS) is 21.5. The minimum Gasteiger partial charge on any atom is -0.493 e. The number of nitrogens with one attached hydrogen (secondary N) is 1. The quantitative estimate of drug-likeness (QED) is 0.595.